The number of carbonyl (C=O) groups is 1. The Labute approximate surface area is 219 Å². The molecule has 0 spiro atoms. The van der Waals surface area contributed by atoms with Crippen LogP contribution in [-0.2, 0) is 6.54 Å². The summed E-state index contributed by atoms with van der Waals surface area (Å²) in [5, 5.41) is 0.431. The fourth-order valence-corrected chi connectivity index (χ4v) is 5.01. The van der Waals surface area contributed by atoms with Crippen molar-refractivity contribution in [3.8, 4) is 23.0 Å². The largest absolute Gasteiger partial charge is 0.493 e. The summed E-state index contributed by atoms with van der Waals surface area (Å²) in [6.45, 7) is 3.06. The molecule has 0 saturated carbocycles. The maximum atomic E-state index is 13.8. The van der Waals surface area contributed by atoms with Crippen molar-refractivity contribution in [3.05, 3.63) is 93.3 Å². The van der Waals surface area contributed by atoms with Crippen LogP contribution in [0.1, 0.15) is 53.1 Å². The lowest BCUT2D eigenvalue weighted by Crippen LogP contribution is -2.29. The van der Waals surface area contributed by atoms with Crippen LogP contribution in [0.15, 0.2) is 69.9 Å². The van der Waals surface area contributed by atoms with Crippen LogP contribution in [0.3, 0.4) is 0 Å². The Morgan fingerprint density at radius 3 is 2.66 bits per heavy atom. The number of nitrogens with zero attached hydrogens (tertiary/aromatic N) is 1. The molecule has 0 N–H and O–H groups in total. The second-order valence-electron chi connectivity index (χ2n) is 9.31. The summed E-state index contributed by atoms with van der Waals surface area (Å²) in [7, 11) is 1.58. The molecule has 0 saturated heterocycles. The van der Waals surface area contributed by atoms with Crippen LogP contribution >= 0.6 is 0 Å². The van der Waals surface area contributed by atoms with E-state index < -0.39 is 6.04 Å². The Balaban J connectivity index is 1.47. The molecule has 3 aromatic carbocycles. The van der Waals surface area contributed by atoms with Gasteiger partial charge in [-0.1, -0.05) is 37.6 Å². The van der Waals surface area contributed by atoms with Gasteiger partial charge in [0.05, 0.1) is 30.7 Å². The van der Waals surface area contributed by atoms with Gasteiger partial charge in [0.15, 0.2) is 28.4 Å². The minimum atomic E-state index is -0.678. The molecule has 6 rings (SSSR count). The van der Waals surface area contributed by atoms with Crippen LogP contribution in [0.25, 0.3) is 11.0 Å². The van der Waals surface area contributed by atoms with E-state index in [1.54, 1.807) is 36.3 Å². The summed E-state index contributed by atoms with van der Waals surface area (Å²) in [6, 6.07) is 17.4. The normalized spacial score (nSPS) is 15.7. The van der Waals surface area contributed by atoms with Gasteiger partial charge in [-0.2, -0.15) is 0 Å². The molecule has 1 amide bonds. The van der Waals surface area contributed by atoms with Crippen LogP contribution in [0.4, 0.5) is 0 Å². The van der Waals surface area contributed by atoms with Gasteiger partial charge in [0.2, 0.25) is 12.6 Å². The third-order valence-corrected chi connectivity index (χ3v) is 6.92. The predicted molar refractivity (Wildman–Crippen MR) is 140 cm³/mol. The average Bonchev–Trinajstić information content (AvgIpc) is 3.52. The van der Waals surface area contributed by atoms with Gasteiger partial charge in [-0.05, 0) is 53.9 Å². The second-order valence-corrected chi connectivity index (χ2v) is 9.31. The summed E-state index contributed by atoms with van der Waals surface area (Å²) in [6.07, 6.45) is 1.94. The Morgan fingerprint density at radius 1 is 0.974 bits per heavy atom. The van der Waals surface area contributed by atoms with E-state index in [1.807, 2.05) is 36.4 Å². The molecule has 1 atom stereocenters. The van der Waals surface area contributed by atoms with Crippen molar-refractivity contribution < 1.29 is 28.2 Å². The molecule has 2 aliphatic heterocycles. The number of para-hydroxylation sites is 1. The second kappa shape index (κ2) is 9.78. The highest BCUT2D eigenvalue weighted by atomic mass is 16.7. The Morgan fingerprint density at radius 2 is 1.82 bits per heavy atom. The molecule has 38 heavy (non-hydrogen) atoms. The molecule has 0 aliphatic carbocycles. The van der Waals surface area contributed by atoms with Crippen LogP contribution in [0, 0.1) is 0 Å². The lowest BCUT2D eigenvalue weighted by Gasteiger charge is -2.26. The summed E-state index contributed by atoms with van der Waals surface area (Å²) >= 11 is 0. The molecule has 0 radical (unpaired) electrons. The van der Waals surface area contributed by atoms with E-state index in [4.69, 9.17) is 23.4 Å². The van der Waals surface area contributed by atoms with E-state index in [2.05, 4.69) is 6.92 Å². The van der Waals surface area contributed by atoms with Crippen molar-refractivity contribution in [3.63, 3.8) is 0 Å². The molecule has 2 aliphatic rings. The van der Waals surface area contributed by atoms with Gasteiger partial charge in [0, 0.05) is 6.54 Å². The van der Waals surface area contributed by atoms with Gasteiger partial charge in [-0.25, -0.2) is 0 Å². The zero-order chi connectivity index (χ0) is 26.2. The summed E-state index contributed by atoms with van der Waals surface area (Å²) in [4.78, 5) is 29.2. The molecule has 0 unspecified atom stereocenters. The molecule has 0 fully saturated rings. The number of hydrogen-bond donors (Lipinski definition) is 0. The first kappa shape index (κ1) is 23.9. The van der Waals surface area contributed by atoms with E-state index in [9.17, 15) is 9.59 Å². The van der Waals surface area contributed by atoms with E-state index in [-0.39, 0.29) is 30.4 Å². The van der Waals surface area contributed by atoms with Gasteiger partial charge in [0.25, 0.3) is 5.91 Å². The Bertz CT molecular complexity index is 1590. The predicted octanol–water partition coefficient (Wildman–Crippen LogP) is 5.45. The molecule has 3 heterocycles. The first-order valence-electron chi connectivity index (χ1n) is 12.6. The van der Waals surface area contributed by atoms with Crippen molar-refractivity contribution >= 4 is 16.9 Å². The maximum absolute atomic E-state index is 13.8. The third-order valence-electron chi connectivity index (χ3n) is 6.92. The lowest BCUT2D eigenvalue weighted by molar-refractivity contribution is 0.0714. The topological polar surface area (TPSA) is 87.4 Å². The highest BCUT2D eigenvalue weighted by molar-refractivity contribution is 5.99. The first-order valence-corrected chi connectivity index (χ1v) is 12.6. The molecule has 8 nitrogen and oxygen atoms in total. The minimum Gasteiger partial charge on any atom is -0.493 e. The van der Waals surface area contributed by atoms with Crippen LogP contribution in [-0.4, -0.2) is 31.3 Å². The van der Waals surface area contributed by atoms with Gasteiger partial charge < -0.3 is 28.3 Å². The number of ether oxygens (including phenoxy) is 4. The van der Waals surface area contributed by atoms with Gasteiger partial charge >= 0.3 is 0 Å². The number of rotatable bonds is 8. The molecule has 1 aromatic heterocycles. The van der Waals surface area contributed by atoms with Crippen LogP contribution in [0.2, 0.25) is 0 Å². The molecular weight excluding hydrogens is 486 g/mol. The highest BCUT2D eigenvalue weighted by Crippen LogP contribution is 2.42. The molecule has 8 heteroatoms. The third kappa shape index (κ3) is 4.02. The minimum absolute atomic E-state index is 0.0571. The van der Waals surface area contributed by atoms with Crippen LogP contribution < -0.4 is 24.4 Å². The van der Waals surface area contributed by atoms with Crippen molar-refractivity contribution in [1.82, 2.24) is 4.90 Å². The molecular formula is C30H27NO7. The number of fused-ring (bicyclic) bond motifs is 3. The Hall–Kier alpha value is -4.46. The van der Waals surface area contributed by atoms with E-state index in [0.717, 1.165) is 24.0 Å². The van der Waals surface area contributed by atoms with E-state index >= 15 is 0 Å². The standard InChI is InChI=1S/C30H27NO7/c1-3-4-13-35-22-12-10-19(15-24(22)34-2)27-26-28(32)20-7-5-6-8-21(20)38-29(26)30(33)31(27)16-18-9-11-23-25(14-18)37-17-36-23/h5-12,14-15,27H,3-4,13,16-17H2,1-2H3/t27-/m0/s1. The smallest absolute Gasteiger partial charge is 0.291 e. The van der Waals surface area contributed by atoms with E-state index in [0.29, 0.717) is 46.1 Å². The number of methoxy groups -OCH3 is 1. The fraction of sp³-hybridized carbons (Fsp3) is 0.267. The van der Waals surface area contributed by atoms with Gasteiger partial charge in [-0.3, -0.25) is 9.59 Å². The molecule has 4 aromatic rings. The monoisotopic (exact) mass is 513 g/mol. The molecule has 194 valence electrons. The first-order chi connectivity index (χ1) is 18.6. The van der Waals surface area contributed by atoms with Gasteiger partial charge in [-0.15, -0.1) is 0 Å². The van der Waals surface area contributed by atoms with Crippen molar-refractivity contribution in [2.45, 2.75) is 32.4 Å². The van der Waals surface area contributed by atoms with Crippen LogP contribution in [0.5, 0.6) is 23.0 Å². The summed E-state index contributed by atoms with van der Waals surface area (Å²) in [5.41, 5.74) is 2.03. The summed E-state index contributed by atoms with van der Waals surface area (Å²) < 4.78 is 28.6. The number of amides is 1. The zero-order valence-corrected chi connectivity index (χ0v) is 21.2. The number of hydrogen-bond acceptors (Lipinski definition) is 7. The van der Waals surface area contributed by atoms with Gasteiger partial charge in [0.1, 0.15) is 5.58 Å². The maximum Gasteiger partial charge on any atom is 0.291 e. The average molecular weight is 514 g/mol. The Kier molecular flexibility index (Phi) is 6.15. The fourth-order valence-electron chi connectivity index (χ4n) is 5.01. The van der Waals surface area contributed by atoms with Crippen molar-refractivity contribution in [2.75, 3.05) is 20.5 Å². The van der Waals surface area contributed by atoms with Crippen molar-refractivity contribution in [1.29, 1.82) is 0 Å². The highest BCUT2D eigenvalue weighted by Gasteiger charge is 2.43. The number of unbranched alkanes of at least 4 members (excludes halogenated alkanes) is 1. The summed E-state index contributed by atoms with van der Waals surface area (Å²) in [5.74, 6) is 2.13. The lowest BCUT2D eigenvalue weighted by atomic mass is 9.97. The van der Waals surface area contributed by atoms with E-state index in [1.165, 1.54) is 0 Å². The number of benzene rings is 3. The zero-order valence-electron chi connectivity index (χ0n) is 21.2. The van der Waals surface area contributed by atoms with Crippen molar-refractivity contribution in [2.24, 2.45) is 0 Å². The quantitative estimate of drug-likeness (QED) is 0.289. The molecule has 0 bridgehead atoms. The number of carbonyl (C=O) groups excluding carboxylic acids is 1. The SMILES string of the molecule is CCCCOc1ccc([C@H]2c3c(oc4ccccc4c3=O)C(=O)N2Cc2ccc3c(c2)OCO3)cc1OC.